The van der Waals surface area contributed by atoms with Gasteiger partial charge in [0.05, 0.1) is 15.7 Å². The van der Waals surface area contributed by atoms with Crippen molar-refractivity contribution >= 4 is 45.9 Å². The third-order valence-electron chi connectivity index (χ3n) is 5.96. The van der Waals surface area contributed by atoms with Crippen molar-refractivity contribution in [1.29, 1.82) is 0 Å². The lowest BCUT2D eigenvalue weighted by atomic mass is 10.2. The Hall–Kier alpha value is -2.87. The van der Waals surface area contributed by atoms with Gasteiger partial charge in [-0.25, -0.2) is 15.0 Å². The fourth-order valence-electron chi connectivity index (χ4n) is 4.20. The fourth-order valence-corrected chi connectivity index (χ4v) is 4.62. The number of benzene rings is 2. The van der Waals surface area contributed by atoms with Crippen molar-refractivity contribution in [1.82, 2.24) is 24.4 Å². The van der Waals surface area contributed by atoms with Gasteiger partial charge in [0.25, 0.3) is 0 Å². The summed E-state index contributed by atoms with van der Waals surface area (Å²) in [6.07, 6.45) is 4.40. The van der Waals surface area contributed by atoms with E-state index in [0.717, 1.165) is 74.0 Å². The second kappa shape index (κ2) is 9.95. The second-order valence-corrected chi connectivity index (χ2v) is 8.81. The third kappa shape index (κ3) is 4.76. The molecule has 1 fully saturated rings. The van der Waals surface area contributed by atoms with Gasteiger partial charge in [0, 0.05) is 38.4 Å². The molecule has 9 heteroatoms. The number of anilines is 2. The minimum Gasteiger partial charge on any atom is -0.368 e. The Morgan fingerprint density at radius 1 is 0.879 bits per heavy atom. The third-order valence-corrected chi connectivity index (χ3v) is 6.76. The lowest BCUT2D eigenvalue weighted by Gasteiger charge is -2.36. The number of piperazine rings is 1. The quantitative estimate of drug-likeness (QED) is 0.384. The summed E-state index contributed by atoms with van der Waals surface area (Å²) in [6, 6.07) is 15.9. The predicted molar refractivity (Wildman–Crippen MR) is 135 cm³/mol. The van der Waals surface area contributed by atoms with Crippen LogP contribution in [0.25, 0.3) is 16.9 Å². The van der Waals surface area contributed by atoms with Crippen LogP contribution in [-0.2, 0) is 0 Å². The number of para-hydroxylation sites is 1. The molecule has 4 aromatic rings. The van der Waals surface area contributed by atoms with Gasteiger partial charge >= 0.3 is 0 Å². The van der Waals surface area contributed by atoms with Gasteiger partial charge in [0.15, 0.2) is 17.0 Å². The Bertz CT molecular complexity index is 1220. The first-order chi connectivity index (χ1) is 16.2. The van der Waals surface area contributed by atoms with E-state index in [1.54, 1.807) is 12.7 Å². The van der Waals surface area contributed by atoms with Gasteiger partial charge < -0.3 is 10.2 Å². The van der Waals surface area contributed by atoms with Gasteiger partial charge in [0.1, 0.15) is 12.7 Å². The van der Waals surface area contributed by atoms with Crippen LogP contribution in [0.2, 0.25) is 10.0 Å². The summed E-state index contributed by atoms with van der Waals surface area (Å²) in [4.78, 5) is 18.2. The molecule has 2 aromatic carbocycles. The van der Waals surface area contributed by atoms with Crippen molar-refractivity contribution in [2.75, 3.05) is 49.5 Å². The Morgan fingerprint density at radius 3 is 2.52 bits per heavy atom. The molecule has 0 atom stereocenters. The average Bonchev–Trinajstić information content (AvgIpc) is 3.30. The number of nitrogens with zero attached hydrogens (tertiary/aromatic N) is 6. The molecular formula is C24H25Cl2N7. The molecule has 0 spiro atoms. The van der Waals surface area contributed by atoms with Crippen molar-refractivity contribution in [3.63, 3.8) is 0 Å². The number of rotatable bonds is 7. The second-order valence-electron chi connectivity index (χ2n) is 8.03. The Labute approximate surface area is 203 Å². The van der Waals surface area contributed by atoms with E-state index in [9.17, 15) is 0 Å². The highest BCUT2D eigenvalue weighted by Gasteiger charge is 2.19. The lowest BCUT2D eigenvalue weighted by molar-refractivity contribution is 0.257. The molecule has 1 N–H and O–H groups in total. The van der Waals surface area contributed by atoms with E-state index in [-0.39, 0.29) is 0 Å². The van der Waals surface area contributed by atoms with Crippen LogP contribution >= 0.6 is 23.2 Å². The number of aromatic nitrogens is 4. The van der Waals surface area contributed by atoms with Crippen LogP contribution in [0.5, 0.6) is 0 Å². The highest BCUT2D eigenvalue weighted by Crippen LogP contribution is 2.32. The standard InChI is InChI=1S/C24H25Cl2N7/c25-19-8-4-9-20(21(19)26)32-14-12-31(13-15-32)11-5-10-27-23-22-24(29-16-28-23)33(17-30-22)18-6-2-1-3-7-18/h1-4,6-9,16-17H,5,10-15H2,(H,27,28,29). The SMILES string of the molecule is Clc1cccc(N2CCN(CCCNc3ncnc4c3ncn4-c3ccccc3)CC2)c1Cl. The van der Waals surface area contributed by atoms with Gasteiger partial charge in [-0.2, -0.15) is 0 Å². The van der Waals surface area contributed by atoms with Crippen LogP contribution in [0.4, 0.5) is 11.5 Å². The van der Waals surface area contributed by atoms with Crippen LogP contribution in [0, 0.1) is 0 Å². The molecule has 0 saturated carbocycles. The molecule has 1 aliphatic rings. The Morgan fingerprint density at radius 2 is 1.70 bits per heavy atom. The molecule has 5 rings (SSSR count). The maximum Gasteiger partial charge on any atom is 0.170 e. The first-order valence-corrected chi connectivity index (χ1v) is 11.8. The zero-order valence-corrected chi connectivity index (χ0v) is 19.7. The zero-order valence-electron chi connectivity index (χ0n) is 18.2. The number of hydrogen-bond acceptors (Lipinski definition) is 6. The van der Waals surface area contributed by atoms with Gasteiger partial charge in [-0.3, -0.25) is 9.47 Å². The first-order valence-electron chi connectivity index (χ1n) is 11.1. The lowest BCUT2D eigenvalue weighted by Crippen LogP contribution is -2.47. The minimum atomic E-state index is 0.607. The van der Waals surface area contributed by atoms with E-state index in [1.165, 1.54) is 0 Å². The number of halogens is 2. The van der Waals surface area contributed by atoms with Crippen LogP contribution in [-0.4, -0.2) is 63.7 Å². The molecule has 0 radical (unpaired) electrons. The summed E-state index contributed by atoms with van der Waals surface area (Å²) < 4.78 is 1.98. The number of imidazole rings is 1. The highest BCUT2D eigenvalue weighted by molar-refractivity contribution is 6.43. The Kier molecular flexibility index (Phi) is 6.62. The van der Waals surface area contributed by atoms with Crippen molar-refractivity contribution < 1.29 is 0 Å². The Balaban J connectivity index is 1.13. The molecular weight excluding hydrogens is 457 g/mol. The summed E-state index contributed by atoms with van der Waals surface area (Å²) in [5.74, 6) is 0.773. The molecule has 1 saturated heterocycles. The summed E-state index contributed by atoms with van der Waals surface area (Å²) >= 11 is 12.6. The van der Waals surface area contributed by atoms with E-state index in [4.69, 9.17) is 23.2 Å². The van der Waals surface area contributed by atoms with Crippen LogP contribution in [0.3, 0.4) is 0 Å². The average molecular weight is 482 g/mol. The molecule has 1 aliphatic heterocycles. The highest BCUT2D eigenvalue weighted by atomic mass is 35.5. The van der Waals surface area contributed by atoms with Crippen molar-refractivity contribution in [2.24, 2.45) is 0 Å². The largest absolute Gasteiger partial charge is 0.368 e. The van der Waals surface area contributed by atoms with Gasteiger partial charge in [-0.05, 0) is 37.2 Å². The molecule has 0 bridgehead atoms. The monoisotopic (exact) mass is 481 g/mol. The molecule has 0 aliphatic carbocycles. The van der Waals surface area contributed by atoms with E-state index in [1.807, 2.05) is 53.1 Å². The van der Waals surface area contributed by atoms with Crippen LogP contribution in [0.15, 0.2) is 61.2 Å². The smallest absolute Gasteiger partial charge is 0.170 e. The molecule has 33 heavy (non-hydrogen) atoms. The van der Waals surface area contributed by atoms with E-state index < -0.39 is 0 Å². The van der Waals surface area contributed by atoms with Gasteiger partial charge in [0.2, 0.25) is 0 Å². The van der Waals surface area contributed by atoms with E-state index in [0.29, 0.717) is 10.0 Å². The minimum absolute atomic E-state index is 0.607. The molecule has 170 valence electrons. The summed E-state index contributed by atoms with van der Waals surface area (Å²) in [5, 5.41) is 4.69. The fraction of sp³-hybridized carbons (Fsp3) is 0.292. The van der Waals surface area contributed by atoms with Crippen molar-refractivity contribution in [2.45, 2.75) is 6.42 Å². The van der Waals surface area contributed by atoms with E-state index in [2.05, 4.69) is 30.1 Å². The summed E-state index contributed by atoms with van der Waals surface area (Å²) in [5.41, 5.74) is 3.64. The van der Waals surface area contributed by atoms with Crippen molar-refractivity contribution in [3.05, 3.63) is 71.2 Å². The van der Waals surface area contributed by atoms with E-state index >= 15 is 0 Å². The molecule has 2 aromatic heterocycles. The summed E-state index contributed by atoms with van der Waals surface area (Å²) in [7, 11) is 0. The van der Waals surface area contributed by atoms with Crippen LogP contribution < -0.4 is 10.2 Å². The maximum atomic E-state index is 6.39. The summed E-state index contributed by atoms with van der Waals surface area (Å²) in [6.45, 7) is 5.74. The van der Waals surface area contributed by atoms with Crippen LogP contribution in [0.1, 0.15) is 6.42 Å². The van der Waals surface area contributed by atoms with Gasteiger partial charge in [-0.1, -0.05) is 47.5 Å². The predicted octanol–water partition coefficient (Wildman–Crippen LogP) is 4.75. The van der Waals surface area contributed by atoms with Crippen molar-refractivity contribution in [3.8, 4) is 5.69 Å². The number of hydrogen-bond donors (Lipinski definition) is 1. The number of nitrogens with one attached hydrogen (secondary N) is 1. The molecule has 3 heterocycles. The zero-order chi connectivity index (χ0) is 22.6. The molecule has 0 amide bonds. The molecule has 7 nitrogen and oxygen atoms in total. The maximum absolute atomic E-state index is 6.39. The normalized spacial score (nSPS) is 14.7. The topological polar surface area (TPSA) is 62.1 Å². The number of fused-ring (bicyclic) bond motifs is 1. The van der Waals surface area contributed by atoms with Gasteiger partial charge in [-0.15, -0.1) is 0 Å². The molecule has 0 unspecified atom stereocenters. The first kappa shape index (κ1) is 21.9.